The van der Waals surface area contributed by atoms with Gasteiger partial charge in [-0.25, -0.2) is 0 Å². The van der Waals surface area contributed by atoms with Gasteiger partial charge in [0.1, 0.15) is 12.2 Å². The molecule has 2 atom stereocenters. The zero-order valence-corrected chi connectivity index (χ0v) is 13.5. The van der Waals surface area contributed by atoms with E-state index in [2.05, 4.69) is 0 Å². The number of aryl methyl sites for hydroxylation is 2. The van der Waals surface area contributed by atoms with Gasteiger partial charge in [0.05, 0.1) is 12.1 Å². The lowest BCUT2D eigenvalue weighted by atomic mass is 10.1. The van der Waals surface area contributed by atoms with Crippen LogP contribution in [-0.2, 0) is 12.8 Å². The molecule has 124 valence electrons. The van der Waals surface area contributed by atoms with Crippen molar-refractivity contribution in [2.45, 2.75) is 37.9 Å². The van der Waals surface area contributed by atoms with Gasteiger partial charge in [0, 0.05) is 0 Å². The zero-order chi connectivity index (χ0) is 17.6. The van der Waals surface area contributed by atoms with Crippen LogP contribution in [0.2, 0.25) is 0 Å². The minimum absolute atomic E-state index is 0.514. The molecule has 0 aliphatic heterocycles. The van der Waals surface area contributed by atoms with E-state index in [1.807, 2.05) is 60.7 Å². The van der Waals surface area contributed by atoms with Crippen LogP contribution in [0.3, 0.4) is 0 Å². The van der Waals surface area contributed by atoms with E-state index in [4.69, 9.17) is 20.7 Å². The van der Waals surface area contributed by atoms with E-state index in [0.29, 0.717) is 12.8 Å². The molecule has 2 aromatic carbocycles. The molecule has 4 heteroatoms. The van der Waals surface area contributed by atoms with E-state index < -0.39 is 12.2 Å². The summed E-state index contributed by atoms with van der Waals surface area (Å²) in [6.45, 7) is 0. The maximum Gasteiger partial charge on any atom is 0.140 e. The zero-order valence-electron chi connectivity index (χ0n) is 13.5. The molecule has 2 N–H and O–H groups in total. The Hall–Kier alpha value is -2.66. The molecule has 0 aliphatic carbocycles. The maximum absolute atomic E-state index is 8.96. The number of nitrogens with zero attached hydrogens (tertiary/aromatic N) is 2. The number of hydrogen-bond donors (Lipinski definition) is 2. The fraction of sp³-hybridized carbons (Fsp3) is 0.300. The molecule has 24 heavy (non-hydrogen) atoms. The van der Waals surface area contributed by atoms with Crippen LogP contribution >= 0.6 is 0 Å². The summed E-state index contributed by atoms with van der Waals surface area (Å²) in [5.74, 6) is 0. The lowest BCUT2D eigenvalue weighted by Gasteiger charge is -2.00. The smallest absolute Gasteiger partial charge is 0.140 e. The average molecular weight is 322 g/mol. The van der Waals surface area contributed by atoms with Gasteiger partial charge in [-0.3, -0.25) is 0 Å². The molecule has 0 amide bonds. The molecule has 0 radical (unpaired) electrons. The molecular weight excluding hydrogens is 300 g/mol. The predicted octanol–water partition coefficient (Wildman–Crippen LogP) is 3.01. The third kappa shape index (κ3) is 8.70. The molecule has 4 nitrogen and oxygen atoms in total. The predicted molar refractivity (Wildman–Crippen MR) is 92.8 cm³/mol. The lowest BCUT2D eigenvalue weighted by Crippen LogP contribution is -2.03. The van der Waals surface area contributed by atoms with Gasteiger partial charge in [0.15, 0.2) is 0 Å². The summed E-state index contributed by atoms with van der Waals surface area (Å²) in [7, 11) is 0. The summed E-state index contributed by atoms with van der Waals surface area (Å²) in [5, 5.41) is 34.5. The summed E-state index contributed by atoms with van der Waals surface area (Å²) >= 11 is 0. The Kier molecular flexibility index (Phi) is 9.57. The Labute approximate surface area is 143 Å². The quantitative estimate of drug-likeness (QED) is 0.800. The van der Waals surface area contributed by atoms with Gasteiger partial charge in [-0.15, -0.1) is 0 Å². The van der Waals surface area contributed by atoms with Crippen molar-refractivity contribution in [3.63, 3.8) is 0 Å². The second kappa shape index (κ2) is 11.8. The molecule has 0 aliphatic rings. The van der Waals surface area contributed by atoms with E-state index in [1.54, 1.807) is 12.1 Å². The lowest BCUT2D eigenvalue weighted by molar-refractivity contribution is 0.220. The first-order chi connectivity index (χ1) is 11.7. The normalized spacial score (nSPS) is 12.0. The van der Waals surface area contributed by atoms with Crippen molar-refractivity contribution < 1.29 is 10.2 Å². The summed E-state index contributed by atoms with van der Waals surface area (Å²) in [6.07, 6.45) is 0.891. The van der Waals surface area contributed by atoms with E-state index in [1.165, 1.54) is 0 Å². The average Bonchev–Trinajstić information content (AvgIpc) is 2.66. The highest BCUT2D eigenvalue weighted by Crippen LogP contribution is 2.04. The van der Waals surface area contributed by atoms with Crippen LogP contribution in [-0.4, -0.2) is 22.4 Å². The van der Waals surface area contributed by atoms with Gasteiger partial charge in [0.2, 0.25) is 0 Å². The first-order valence-corrected chi connectivity index (χ1v) is 7.89. The molecule has 0 heterocycles. The van der Waals surface area contributed by atoms with E-state index in [9.17, 15) is 0 Å². The molecule has 0 aromatic heterocycles. The Morgan fingerprint density at radius 1 is 0.667 bits per heavy atom. The minimum atomic E-state index is -0.829. The second-order valence-corrected chi connectivity index (χ2v) is 5.34. The van der Waals surface area contributed by atoms with Crippen molar-refractivity contribution in [2.75, 3.05) is 0 Å². The third-order valence-electron chi connectivity index (χ3n) is 3.40. The topological polar surface area (TPSA) is 88.0 Å². The van der Waals surface area contributed by atoms with Crippen molar-refractivity contribution in [1.29, 1.82) is 10.5 Å². The van der Waals surface area contributed by atoms with E-state index >= 15 is 0 Å². The molecule has 0 fully saturated rings. The fourth-order valence-corrected chi connectivity index (χ4v) is 2.03. The van der Waals surface area contributed by atoms with Gasteiger partial charge < -0.3 is 10.2 Å². The number of aliphatic hydroxyl groups is 2. The Bertz CT molecular complexity index is 585. The van der Waals surface area contributed by atoms with Crippen molar-refractivity contribution in [3.8, 4) is 12.1 Å². The van der Waals surface area contributed by atoms with Gasteiger partial charge in [-0.05, 0) is 36.8 Å². The van der Waals surface area contributed by atoms with Crippen LogP contribution in [0.15, 0.2) is 60.7 Å². The number of benzene rings is 2. The van der Waals surface area contributed by atoms with Gasteiger partial charge in [-0.2, -0.15) is 10.5 Å². The Balaban J connectivity index is 0.000000240. The van der Waals surface area contributed by atoms with Gasteiger partial charge >= 0.3 is 0 Å². The first-order valence-electron chi connectivity index (χ1n) is 7.89. The van der Waals surface area contributed by atoms with Crippen molar-refractivity contribution in [1.82, 2.24) is 0 Å². The fourth-order valence-electron chi connectivity index (χ4n) is 2.03. The first kappa shape index (κ1) is 19.4. The van der Waals surface area contributed by atoms with Crippen LogP contribution in [0, 0.1) is 22.7 Å². The maximum atomic E-state index is 8.96. The summed E-state index contributed by atoms with van der Waals surface area (Å²) in [6, 6.07) is 23.2. The van der Waals surface area contributed by atoms with Crippen LogP contribution < -0.4 is 0 Å². The highest BCUT2D eigenvalue weighted by molar-refractivity contribution is 5.15. The molecule has 2 aromatic rings. The second-order valence-electron chi connectivity index (χ2n) is 5.34. The largest absolute Gasteiger partial charge is 0.378 e. The SMILES string of the molecule is N#CC(O)CCc1ccccc1.N#CC(O)CCc1ccccc1. The molecule has 0 bridgehead atoms. The van der Waals surface area contributed by atoms with Crippen molar-refractivity contribution >= 4 is 0 Å². The van der Waals surface area contributed by atoms with Gasteiger partial charge in [0.25, 0.3) is 0 Å². The van der Waals surface area contributed by atoms with E-state index in [0.717, 1.165) is 24.0 Å². The van der Waals surface area contributed by atoms with E-state index in [-0.39, 0.29) is 0 Å². The molecule has 0 spiro atoms. The van der Waals surface area contributed by atoms with Crippen LogP contribution in [0.25, 0.3) is 0 Å². The minimum Gasteiger partial charge on any atom is -0.378 e. The number of aliphatic hydroxyl groups excluding tert-OH is 2. The van der Waals surface area contributed by atoms with Crippen molar-refractivity contribution in [3.05, 3.63) is 71.8 Å². The Morgan fingerprint density at radius 3 is 1.29 bits per heavy atom. The van der Waals surface area contributed by atoms with Crippen LogP contribution in [0.4, 0.5) is 0 Å². The van der Waals surface area contributed by atoms with Crippen molar-refractivity contribution in [2.24, 2.45) is 0 Å². The van der Waals surface area contributed by atoms with Crippen LogP contribution in [0.5, 0.6) is 0 Å². The standard InChI is InChI=1S/2C10H11NO/c2*11-8-10(12)7-6-9-4-2-1-3-5-9/h2*1-5,10,12H,6-7H2. The molecular formula is C20H22N2O2. The molecule has 2 unspecified atom stereocenters. The number of rotatable bonds is 6. The molecule has 2 rings (SSSR count). The number of hydrogen-bond acceptors (Lipinski definition) is 4. The van der Waals surface area contributed by atoms with Gasteiger partial charge in [-0.1, -0.05) is 60.7 Å². The highest BCUT2D eigenvalue weighted by Gasteiger charge is 2.01. The Morgan fingerprint density at radius 2 is 1.00 bits per heavy atom. The number of nitriles is 2. The summed E-state index contributed by atoms with van der Waals surface area (Å²) < 4.78 is 0. The molecule has 0 saturated heterocycles. The monoisotopic (exact) mass is 322 g/mol. The summed E-state index contributed by atoms with van der Waals surface area (Å²) in [5.41, 5.74) is 2.32. The van der Waals surface area contributed by atoms with Crippen LogP contribution in [0.1, 0.15) is 24.0 Å². The third-order valence-corrected chi connectivity index (χ3v) is 3.40. The molecule has 0 saturated carbocycles. The summed E-state index contributed by atoms with van der Waals surface area (Å²) in [4.78, 5) is 0. The highest BCUT2D eigenvalue weighted by atomic mass is 16.3.